The summed E-state index contributed by atoms with van der Waals surface area (Å²) in [7, 11) is 1.88. The van der Waals surface area contributed by atoms with Gasteiger partial charge in [-0.1, -0.05) is 24.3 Å². The first-order chi connectivity index (χ1) is 7.74. The molecule has 0 spiro atoms. The molecule has 0 saturated carbocycles. The van der Waals surface area contributed by atoms with Crippen LogP contribution in [0.4, 0.5) is 0 Å². The predicted molar refractivity (Wildman–Crippen MR) is 66.6 cm³/mol. The zero-order chi connectivity index (χ0) is 11.5. The number of rotatable bonds is 2. The molecule has 1 fully saturated rings. The molecule has 0 radical (unpaired) electrons. The maximum absolute atomic E-state index is 8.20. The van der Waals surface area contributed by atoms with Gasteiger partial charge in [0.1, 0.15) is 5.84 Å². The van der Waals surface area contributed by atoms with E-state index in [0.29, 0.717) is 5.84 Å². The number of hydrogen-bond donors (Lipinski definition) is 2. The molecule has 1 heterocycles. The Hall–Kier alpha value is -1.35. The maximum atomic E-state index is 8.20. The summed E-state index contributed by atoms with van der Waals surface area (Å²) in [6.07, 6.45) is 2.23. The molecule has 0 bridgehead atoms. The predicted octanol–water partition coefficient (Wildman–Crippen LogP) is 2.29. The van der Waals surface area contributed by atoms with Crippen molar-refractivity contribution in [3.8, 4) is 0 Å². The van der Waals surface area contributed by atoms with Crippen molar-refractivity contribution in [3.05, 3.63) is 35.4 Å². The van der Waals surface area contributed by atoms with Gasteiger partial charge in [0.05, 0.1) is 0 Å². The third-order valence-electron chi connectivity index (χ3n) is 3.33. The first-order valence-corrected chi connectivity index (χ1v) is 5.83. The monoisotopic (exact) mass is 217 g/mol. The highest BCUT2D eigenvalue weighted by molar-refractivity contribution is 5.86. The molecule has 0 aromatic heterocycles. The van der Waals surface area contributed by atoms with Crippen LogP contribution in [0.5, 0.6) is 0 Å². The van der Waals surface area contributed by atoms with Crippen LogP contribution >= 0.6 is 0 Å². The Kier molecular flexibility index (Phi) is 3.25. The smallest absolute Gasteiger partial charge is 0.118 e. The Labute approximate surface area is 96.9 Å². The first kappa shape index (κ1) is 11.1. The van der Waals surface area contributed by atoms with Crippen LogP contribution in [0.1, 0.15) is 29.9 Å². The normalized spacial score (nSPS) is 21.2. The summed E-state index contributed by atoms with van der Waals surface area (Å²) >= 11 is 0. The second-order valence-electron chi connectivity index (χ2n) is 4.31. The molecule has 0 aliphatic carbocycles. The molecule has 1 saturated heterocycles. The Morgan fingerprint density at radius 2 is 2.12 bits per heavy atom. The van der Waals surface area contributed by atoms with Crippen molar-refractivity contribution in [1.82, 2.24) is 10.4 Å². The second-order valence-corrected chi connectivity index (χ2v) is 4.31. The summed E-state index contributed by atoms with van der Waals surface area (Å²) in [6.45, 7) is 3.07. The van der Waals surface area contributed by atoms with Gasteiger partial charge >= 0.3 is 0 Å². The highest BCUT2D eigenvalue weighted by Crippen LogP contribution is 2.29. The number of hydrogen-bond acceptors (Lipinski definition) is 2. The molecule has 3 nitrogen and oxygen atoms in total. The van der Waals surface area contributed by atoms with Gasteiger partial charge in [-0.25, -0.2) is 5.43 Å². The molecule has 1 aromatic rings. The summed E-state index contributed by atoms with van der Waals surface area (Å²) in [5, 5.41) is 10.1. The van der Waals surface area contributed by atoms with Crippen LogP contribution in [0.2, 0.25) is 0 Å². The lowest BCUT2D eigenvalue weighted by Gasteiger charge is -2.34. The first-order valence-electron chi connectivity index (χ1n) is 5.83. The average molecular weight is 217 g/mol. The Morgan fingerprint density at radius 1 is 1.38 bits per heavy atom. The Balaban J connectivity index is 2.27. The molecule has 1 aromatic carbocycles. The van der Waals surface area contributed by atoms with E-state index in [4.69, 9.17) is 5.41 Å². The van der Waals surface area contributed by atoms with E-state index in [2.05, 4.69) is 36.6 Å². The fraction of sp³-hybridized carbons (Fsp3) is 0.462. The van der Waals surface area contributed by atoms with Gasteiger partial charge in [-0.3, -0.25) is 10.4 Å². The molecule has 1 atom stereocenters. The summed E-state index contributed by atoms with van der Waals surface area (Å²) in [5.74, 6) is 0.949. The van der Waals surface area contributed by atoms with E-state index >= 15 is 0 Å². The lowest BCUT2D eigenvalue weighted by molar-refractivity contribution is 0.289. The number of nitrogens with one attached hydrogen (secondary N) is 2. The maximum Gasteiger partial charge on any atom is 0.118 e. The largest absolute Gasteiger partial charge is 0.296 e. The molecular formula is C13H19N3. The van der Waals surface area contributed by atoms with Crippen molar-refractivity contribution < 1.29 is 0 Å². The van der Waals surface area contributed by atoms with Crippen molar-refractivity contribution in [2.75, 3.05) is 13.6 Å². The van der Waals surface area contributed by atoms with Crippen molar-refractivity contribution in [3.63, 3.8) is 0 Å². The van der Waals surface area contributed by atoms with Gasteiger partial charge in [-0.15, -0.1) is 0 Å². The van der Waals surface area contributed by atoms with Crippen LogP contribution in [0.3, 0.4) is 0 Å². The van der Waals surface area contributed by atoms with E-state index in [1.54, 1.807) is 0 Å². The van der Waals surface area contributed by atoms with Crippen molar-refractivity contribution in [1.29, 1.82) is 5.41 Å². The second kappa shape index (κ2) is 4.66. The van der Waals surface area contributed by atoms with Gasteiger partial charge in [-0.05, 0) is 30.9 Å². The van der Waals surface area contributed by atoms with Gasteiger partial charge in [0, 0.05) is 19.5 Å². The molecule has 1 aliphatic heterocycles. The van der Waals surface area contributed by atoms with E-state index in [1.807, 2.05) is 12.1 Å². The minimum absolute atomic E-state index is 0.252. The molecule has 86 valence electrons. The zero-order valence-corrected chi connectivity index (χ0v) is 9.96. The van der Waals surface area contributed by atoms with Gasteiger partial charge in [0.25, 0.3) is 0 Å². The molecule has 16 heavy (non-hydrogen) atoms. The lowest BCUT2D eigenvalue weighted by Crippen LogP contribution is -2.46. The average Bonchev–Trinajstić information content (AvgIpc) is 2.31. The standard InChI is InChI=1S/C13H19N3/c1-10-6-3-4-7-11(10)12-8-5-9-16(15-2)13(12)14/h3-4,6-7,12,14-15H,5,8-9H2,1-2H3. The molecule has 2 rings (SSSR count). The summed E-state index contributed by atoms with van der Waals surface area (Å²) in [5.41, 5.74) is 5.67. The van der Waals surface area contributed by atoms with Gasteiger partial charge in [-0.2, -0.15) is 0 Å². The van der Waals surface area contributed by atoms with E-state index in [0.717, 1.165) is 19.4 Å². The zero-order valence-electron chi connectivity index (χ0n) is 9.96. The van der Waals surface area contributed by atoms with Crippen LogP contribution in [0, 0.1) is 12.3 Å². The van der Waals surface area contributed by atoms with Crippen molar-refractivity contribution in [2.45, 2.75) is 25.7 Å². The number of hydrazine groups is 1. The summed E-state index contributed by atoms with van der Waals surface area (Å²) < 4.78 is 0. The Bertz CT molecular complexity index is 387. The third-order valence-corrected chi connectivity index (χ3v) is 3.33. The van der Waals surface area contributed by atoms with Crippen LogP contribution in [0.25, 0.3) is 0 Å². The summed E-state index contributed by atoms with van der Waals surface area (Å²) in [6, 6.07) is 8.39. The SMILES string of the molecule is CNN1CCCC(c2ccccc2C)C1=N. The van der Waals surface area contributed by atoms with Crippen LogP contribution in [-0.4, -0.2) is 24.4 Å². The van der Waals surface area contributed by atoms with Crippen LogP contribution < -0.4 is 5.43 Å². The van der Waals surface area contributed by atoms with Gasteiger partial charge in [0.2, 0.25) is 0 Å². The number of nitrogens with zero attached hydrogens (tertiary/aromatic N) is 1. The van der Waals surface area contributed by atoms with Crippen molar-refractivity contribution >= 4 is 5.84 Å². The molecule has 3 heteroatoms. The number of aryl methyl sites for hydroxylation is 1. The van der Waals surface area contributed by atoms with E-state index in [1.165, 1.54) is 11.1 Å². The lowest BCUT2D eigenvalue weighted by atomic mass is 9.87. The summed E-state index contributed by atoms with van der Waals surface area (Å²) in [4.78, 5) is 0. The minimum atomic E-state index is 0.252. The van der Waals surface area contributed by atoms with Crippen molar-refractivity contribution in [2.24, 2.45) is 0 Å². The number of piperidine rings is 1. The number of benzene rings is 1. The Morgan fingerprint density at radius 3 is 2.81 bits per heavy atom. The van der Waals surface area contributed by atoms with Gasteiger partial charge in [0.15, 0.2) is 0 Å². The van der Waals surface area contributed by atoms with Crippen LogP contribution in [-0.2, 0) is 0 Å². The fourth-order valence-electron chi connectivity index (χ4n) is 2.41. The minimum Gasteiger partial charge on any atom is -0.296 e. The fourth-order valence-corrected chi connectivity index (χ4v) is 2.41. The molecule has 0 amide bonds. The molecule has 1 aliphatic rings. The van der Waals surface area contributed by atoms with E-state index in [-0.39, 0.29) is 5.92 Å². The topological polar surface area (TPSA) is 39.1 Å². The number of amidine groups is 1. The van der Waals surface area contributed by atoms with E-state index < -0.39 is 0 Å². The molecule has 2 N–H and O–H groups in total. The highest BCUT2D eigenvalue weighted by atomic mass is 15.5. The van der Waals surface area contributed by atoms with Gasteiger partial charge < -0.3 is 0 Å². The quantitative estimate of drug-likeness (QED) is 0.797. The molecular weight excluding hydrogens is 198 g/mol. The van der Waals surface area contributed by atoms with E-state index in [9.17, 15) is 0 Å². The molecule has 1 unspecified atom stereocenters. The third kappa shape index (κ3) is 1.95. The highest BCUT2D eigenvalue weighted by Gasteiger charge is 2.26. The van der Waals surface area contributed by atoms with Crippen LogP contribution in [0.15, 0.2) is 24.3 Å².